The Balaban J connectivity index is 0.560. The number of nitrogens with one attached hydrogen (secondary N) is 1. The van der Waals surface area contributed by atoms with E-state index in [1.807, 2.05) is 73.5 Å². The minimum Gasteiger partial charge on any atom is -0.465 e. The fourth-order valence-electron chi connectivity index (χ4n) is 16.8. The van der Waals surface area contributed by atoms with E-state index in [0.29, 0.717) is 200 Å². The number of cyclic esters (lactones) is 1. The van der Waals surface area contributed by atoms with Crippen molar-refractivity contribution in [1.82, 2.24) is 34.6 Å². The predicted octanol–water partition coefficient (Wildman–Crippen LogP) is 8.36. The number of aliphatic hydroxyl groups excluding tert-OH is 2. The number of hydrogen-bond donors (Lipinski definition) is 7. The molecule has 10 rings (SSSR count). The van der Waals surface area contributed by atoms with Crippen LogP contribution in [0.25, 0.3) is 33.3 Å². The highest BCUT2D eigenvalue weighted by molar-refractivity contribution is 7.80. The molecular formula is C91H130N10O22S. The standard InChI is InChI=1S/C91H130N10O22S/c1-57-15-10-9-11-16-58(2)76(111-7)51-68-24-19-62(6)91(110,123-68)84(107)87(108)101-29-13-12-17-72(101)88(109)120-77(52-73(102)59(3)46-61(5)82(105)83(106)81(104)60(4)45-57)70(92)48-63-21-25-75(78(49-63)112-8)122-90(124)95-28-32-114-34-36-116-38-40-118-42-44-119-43-41-117-39-37-115-35-33-113-31-14-18-79(103)99-30-27-65-47-64(20-22-67(65)54-99)53-100-55-69(80-85(93)96-56-97-86(80)100)66-23-26-74-71(50-66)98-89(94)121-74/h9-11,15-16,20,22-23,26,46-47,50,55-57,59-60,62-63,68,70,72,75-78,82-83,105-106,110H,12-14,17-19,21,24-25,27-45,48-49,51-54,92H2,1-8H3,(H2,94,98)(H,95,124)(H2,93,96,97)/b11-9?,15-10+,58-16?,61-46+/t57-,59-,60-,62-,63+,68+,70-,72+,75-,76+,77+,78-,82-,83+,91-/m1/s1. The highest BCUT2D eigenvalue weighted by Crippen LogP contribution is 2.40. The highest BCUT2D eigenvalue weighted by Gasteiger charge is 2.53. The molecule has 1 aliphatic carbocycles. The van der Waals surface area contributed by atoms with Crippen molar-refractivity contribution in [3.63, 3.8) is 0 Å². The van der Waals surface area contributed by atoms with E-state index in [0.717, 1.165) is 50.2 Å². The largest absolute Gasteiger partial charge is 0.465 e. The Morgan fingerprint density at radius 2 is 1.44 bits per heavy atom. The summed E-state index contributed by atoms with van der Waals surface area (Å²) in [4.78, 5) is 101. The third-order valence-corrected chi connectivity index (χ3v) is 24.3. The van der Waals surface area contributed by atoms with Crippen LogP contribution >= 0.6 is 12.2 Å². The SMILES string of the molecule is CO[C@H]1C[C@@H]2CC[C@@H](C)[C@@](O)(O2)C(=O)C(=O)N2CCCC[C@H]2C(=O)O[C@H]([C@H](N)C[C@@H]2CC[C@@H](OC(=S)NCCOCCOCCOCCOCCOCCOCCOCCCC(=O)N3CCc4cc(Cn5cc(-c6ccc7oc(N)nc7c6)c6c(N)ncnc65)ccc4C3)[C@H](OC)C2)CC(=O)[C@H](C)/C=C(\C)[C@@H](O)[C@@H](O)C(=O)[C@H](C)C[C@H](C)/C=C/C=CC=C1C. The van der Waals surface area contributed by atoms with Gasteiger partial charge in [-0.15, -0.1) is 0 Å². The van der Waals surface area contributed by atoms with Crippen molar-refractivity contribution in [3.8, 4) is 11.1 Å². The third kappa shape index (κ3) is 28.1. The zero-order valence-corrected chi connectivity index (χ0v) is 73.9. The average molecular weight is 1750 g/mol. The molecule has 1 saturated carbocycles. The first-order chi connectivity index (χ1) is 59.7. The summed E-state index contributed by atoms with van der Waals surface area (Å²) >= 11 is 5.59. The number of allylic oxidation sites excluding steroid dienone is 6. The molecule has 15 atom stereocenters. The monoisotopic (exact) mass is 1750 g/mol. The van der Waals surface area contributed by atoms with Crippen molar-refractivity contribution in [2.24, 2.45) is 35.3 Å². The first-order valence-electron chi connectivity index (χ1n) is 43.8. The van der Waals surface area contributed by atoms with Crippen molar-refractivity contribution < 1.29 is 105 Å². The number of rotatable bonds is 34. The Kier molecular flexibility index (Phi) is 38.7. The van der Waals surface area contributed by atoms with Gasteiger partial charge in [0.15, 0.2) is 11.4 Å². The number of piperidine rings is 1. The Bertz CT molecular complexity index is 4460. The highest BCUT2D eigenvalue weighted by atomic mass is 32.1. The molecule has 3 aromatic heterocycles. The number of carbonyl (C=O) groups is 6. The van der Waals surface area contributed by atoms with E-state index in [1.165, 1.54) is 24.9 Å². The van der Waals surface area contributed by atoms with E-state index < -0.39 is 108 Å². The van der Waals surface area contributed by atoms with Crippen LogP contribution in [0.1, 0.15) is 148 Å². The molecule has 3 fully saturated rings. The van der Waals surface area contributed by atoms with Crippen molar-refractivity contribution in [3.05, 3.63) is 113 Å². The lowest BCUT2D eigenvalue weighted by Crippen LogP contribution is -2.61. The number of oxazole rings is 1. The lowest BCUT2D eigenvalue weighted by atomic mass is 9.80. The lowest BCUT2D eigenvalue weighted by molar-refractivity contribution is -0.265. The van der Waals surface area contributed by atoms with Gasteiger partial charge in [-0.1, -0.05) is 88.4 Å². The van der Waals surface area contributed by atoms with Gasteiger partial charge >= 0.3 is 5.97 Å². The number of methoxy groups -OCH3 is 2. The van der Waals surface area contributed by atoms with Gasteiger partial charge in [-0.25, -0.2) is 14.8 Å². The van der Waals surface area contributed by atoms with Gasteiger partial charge in [0.2, 0.25) is 11.7 Å². The van der Waals surface area contributed by atoms with Gasteiger partial charge in [0.25, 0.3) is 22.9 Å². The molecule has 7 heterocycles. The van der Waals surface area contributed by atoms with Crippen LogP contribution in [-0.4, -0.2) is 272 Å². The summed E-state index contributed by atoms with van der Waals surface area (Å²) in [6.45, 7) is 18.1. The van der Waals surface area contributed by atoms with Gasteiger partial charge in [0.05, 0.1) is 110 Å². The second kappa shape index (κ2) is 49.1. The number of carbonyl (C=O) groups excluding carboxylic acids is 6. The second-order valence-electron chi connectivity index (χ2n) is 33.3. The molecule has 5 aromatic rings. The molecule has 124 heavy (non-hydrogen) atoms. The number of thiocarbonyl (C=S) groups is 1. The van der Waals surface area contributed by atoms with Crippen molar-refractivity contribution >= 4 is 86.5 Å². The number of nitrogens with two attached hydrogens (primary N) is 3. The summed E-state index contributed by atoms with van der Waals surface area (Å²) in [6, 6.07) is 10.1. The molecule has 2 aromatic carbocycles. The first-order valence-corrected chi connectivity index (χ1v) is 44.2. The number of esters is 1. The number of benzene rings is 2. The molecule has 0 spiro atoms. The molecular weight excluding hydrogens is 1620 g/mol. The summed E-state index contributed by atoms with van der Waals surface area (Å²) in [6.07, 6.45) is 13.7. The van der Waals surface area contributed by atoms with E-state index >= 15 is 0 Å². The summed E-state index contributed by atoms with van der Waals surface area (Å²) in [5, 5.41) is 38.6. The van der Waals surface area contributed by atoms with Gasteiger partial charge in [-0.2, -0.15) is 4.98 Å². The fraction of sp³-hybridized carbons (Fsp3) is 0.626. The van der Waals surface area contributed by atoms with Crippen molar-refractivity contribution in [2.75, 3.05) is 138 Å². The topological polar surface area (TPSA) is 427 Å². The Hall–Kier alpha value is -8.36. The van der Waals surface area contributed by atoms with E-state index in [4.69, 9.17) is 90.7 Å². The van der Waals surface area contributed by atoms with Gasteiger partial charge in [-0.05, 0) is 160 Å². The van der Waals surface area contributed by atoms with E-state index in [-0.39, 0.29) is 66.7 Å². The number of hydrogen-bond acceptors (Lipinski definition) is 29. The summed E-state index contributed by atoms with van der Waals surface area (Å²) in [7, 11) is 3.14. The Labute approximate surface area is 731 Å². The average Bonchev–Trinajstić information content (AvgIpc) is 1.52. The molecule has 5 aliphatic rings. The van der Waals surface area contributed by atoms with Crippen LogP contribution in [-0.2, 0) is 105 Å². The maximum absolute atomic E-state index is 14.7. The van der Waals surface area contributed by atoms with Crippen LogP contribution in [0.15, 0.2) is 101 Å². The normalized spacial score (nSPS) is 26.7. The van der Waals surface area contributed by atoms with Crippen LogP contribution in [0, 0.1) is 29.6 Å². The number of fused-ring (bicyclic) bond motifs is 6. The minimum absolute atomic E-state index is 0.0132. The number of ketones is 3. The van der Waals surface area contributed by atoms with Crippen LogP contribution in [0.3, 0.4) is 0 Å². The molecule has 2 amide bonds. The quantitative estimate of drug-likeness (QED) is 0.00668. The third-order valence-electron chi connectivity index (χ3n) is 24.0. The number of nitrogen functional groups attached to an aromatic ring is 2. The molecule has 0 radical (unpaired) electrons. The van der Waals surface area contributed by atoms with Gasteiger partial charge in [0, 0.05) is 108 Å². The molecule has 2 saturated heterocycles. The van der Waals surface area contributed by atoms with E-state index in [1.54, 1.807) is 35.0 Å². The number of aromatic nitrogens is 4. The van der Waals surface area contributed by atoms with Crippen LogP contribution < -0.4 is 22.5 Å². The molecule has 682 valence electrons. The molecule has 10 N–H and O–H groups in total. The second-order valence-corrected chi connectivity index (χ2v) is 33.7. The number of ether oxygens (including phenoxy) is 12. The number of Topliss-reactive ketones (excluding diaryl/α,β-unsaturated/α-hetero) is 3. The maximum atomic E-state index is 14.7. The van der Waals surface area contributed by atoms with Gasteiger partial charge in [0.1, 0.15) is 59.6 Å². The molecule has 4 aliphatic heterocycles. The zero-order valence-electron chi connectivity index (χ0n) is 73.1. The Morgan fingerprint density at radius 1 is 0.742 bits per heavy atom. The van der Waals surface area contributed by atoms with Crippen molar-refractivity contribution in [2.45, 2.75) is 212 Å². The lowest BCUT2D eigenvalue weighted by Gasteiger charge is -2.42. The fourth-order valence-corrected chi connectivity index (χ4v) is 17.0. The first kappa shape index (κ1) is 97.8. The van der Waals surface area contributed by atoms with Gasteiger partial charge < -0.3 is 113 Å². The predicted molar refractivity (Wildman–Crippen MR) is 468 cm³/mol. The number of aliphatic hydroxyl groups is 3. The minimum atomic E-state index is -2.50. The summed E-state index contributed by atoms with van der Waals surface area (Å²) in [5.41, 5.74) is 27.5. The summed E-state index contributed by atoms with van der Waals surface area (Å²) in [5.74, 6) is -8.58. The smallest absolute Gasteiger partial charge is 0.329 e. The van der Waals surface area contributed by atoms with Crippen molar-refractivity contribution in [1.29, 1.82) is 0 Å². The van der Waals surface area contributed by atoms with E-state index in [2.05, 4.69) is 43.0 Å². The Morgan fingerprint density at radius 3 is 2.13 bits per heavy atom. The maximum Gasteiger partial charge on any atom is 0.329 e. The molecule has 32 nitrogen and oxygen atoms in total. The number of anilines is 2. The molecule has 2 bridgehead atoms. The van der Waals surface area contributed by atoms with Crippen LogP contribution in [0.2, 0.25) is 0 Å². The molecule has 0 unspecified atom stereocenters. The number of nitrogens with zero attached hydrogens (tertiary/aromatic N) is 6. The van der Waals surface area contributed by atoms with Crippen LogP contribution in [0.5, 0.6) is 0 Å². The van der Waals surface area contributed by atoms with E-state index in [9.17, 15) is 44.1 Å². The summed E-state index contributed by atoms with van der Waals surface area (Å²) < 4.78 is 77.7. The number of amides is 2. The molecule has 33 heteroatoms. The van der Waals surface area contributed by atoms with Gasteiger partial charge in [-0.3, -0.25) is 24.0 Å². The zero-order chi connectivity index (χ0) is 88.8. The van der Waals surface area contributed by atoms with Crippen LogP contribution in [0.4, 0.5) is 11.8 Å².